The molecule has 1 saturated carbocycles. The first kappa shape index (κ1) is 7.58. The average molecular weight is 170 g/mol. The van der Waals surface area contributed by atoms with E-state index in [0.717, 1.165) is 5.69 Å². The van der Waals surface area contributed by atoms with E-state index in [9.17, 15) is 4.39 Å². The van der Waals surface area contributed by atoms with Gasteiger partial charge >= 0.3 is 0 Å². The maximum Gasteiger partial charge on any atom is 0.156 e. The van der Waals surface area contributed by atoms with E-state index in [1.165, 1.54) is 0 Å². The van der Waals surface area contributed by atoms with E-state index in [-0.39, 0.29) is 0 Å². The summed E-state index contributed by atoms with van der Waals surface area (Å²) in [5, 5.41) is 6.55. The Morgan fingerprint density at radius 1 is 1.75 bits per heavy atom. The highest BCUT2D eigenvalue weighted by Gasteiger charge is 2.42. The summed E-state index contributed by atoms with van der Waals surface area (Å²) >= 11 is 0. The lowest BCUT2D eigenvalue weighted by Gasteiger charge is -2.05. The predicted molar refractivity (Wildman–Crippen MR) is 42.8 cm³/mol. The number of rotatable bonds is 3. The van der Waals surface area contributed by atoms with Gasteiger partial charge in [-0.2, -0.15) is 0 Å². The number of nitrogens with zero attached hydrogens (tertiary/aromatic N) is 1. The van der Waals surface area contributed by atoms with Crippen molar-refractivity contribution in [1.29, 1.82) is 0 Å². The van der Waals surface area contributed by atoms with Gasteiger partial charge in [0.05, 0.1) is 11.9 Å². The van der Waals surface area contributed by atoms with Crippen molar-refractivity contribution in [2.24, 2.45) is 0 Å². The number of hydrogen-bond acceptors (Lipinski definition) is 3. The summed E-state index contributed by atoms with van der Waals surface area (Å²) < 4.78 is 17.9. The van der Waals surface area contributed by atoms with Crippen molar-refractivity contribution in [3.05, 3.63) is 12.0 Å². The van der Waals surface area contributed by atoms with Crippen molar-refractivity contribution in [3.63, 3.8) is 0 Å². The molecule has 0 spiro atoms. The molecule has 1 aliphatic rings. The molecule has 1 fully saturated rings. The Hall–Kier alpha value is -1.06. The SMILES string of the molecule is Cc1oncc1NCC1(F)CC1. The first-order valence-electron chi connectivity index (χ1n) is 4.04. The van der Waals surface area contributed by atoms with Crippen LogP contribution >= 0.6 is 0 Å². The van der Waals surface area contributed by atoms with Crippen molar-refractivity contribution >= 4 is 5.69 Å². The lowest BCUT2D eigenvalue weighted by molar-refractivity contribution is 0.326. The van der Waals surface area contributed by atoms with E-state index in [4.69, 9.17) is 4.52 Å². The summed E-state index contributed by atoms with van der Waals surface area (Å²) in [6.07, 6.45) is 2.91. The minimum Gasteiger partial charge on any atom is -0.378 e. The van der Waals surface area contributed by atoms with Crippen LogP contribution in [0.15, 0.2) is 10.7 Å². The highest BCUT2D eigenvalue weighted by atomic mass is 19.1. The molecular weight excluding hydrogens is 159 g/mol. The fourth-order valence-corrected chi connectivity index (χ4v) is 1.03. The number of aryl methyl sites for hydroxylation is 1. The maximum atomic E-state index is 13.1. The number of alkyl halides is 1. The van der Waals surface area contributed by atoms with Gasteiger partial charge in [-0.05, 0) is 19.8 Å². The van der Waals surface area contributed by atoms with Crippen molar-refractivity contribution in [3.8, 4) is 0 Å². The molecule has 66 valence electrons. The summed E-state index contributed by atoms with van der Waals surface area (Å²) in [6, 6.07) is 0. The summed E-state index contributed by atoms with van der Waals surface area (Å²) in [5.74, 6) is 0.708. The molecule has 1 heterocycles. The van der Waals surface area contributed by atoms with Gasteiger partial charge in [-0.3, -0.25) is 0 Å². The Morgan fingerprint density at radius 3 is 3.00 bits per heavy atom. The Bertz CT molecular complexity index is 280. The smallest absolute Gasteiger partial charge is 0.156 e. The fourth-order valence-electron chi connectivity index (χ4n) is 1.03. The Morgan fingerprint density at radius 2 is 2.50 bits per heavy atom. The van der Waals surface area contributed by atoms with Crippen LogP contribution in [0.3, 0.4) is 0 Å². The molecule has 2 rings (SSSR count). The van der Waals surface area contributed by atoms with Gasteiger partial charge in [0.2, 0.25) is 0 Å². The molecule has 1 N–H and O–H groups in total. The van der Waals surface area contributed by atoms with Gasteiger partial charge in [-0.1, -0.05) is 5.16 Å². The monoisotopic (exact) mass is 170 g/mol. The Balaban J connectivity index is 1.91. The zero-order valence-corrected chi connectivity index (χ0v) is 6.93. The third kappa shape index (κ3) is 1.42. The minimum atomic E-state index is -0.969. The zero-order valence-electron chi connectivity index (χ0n) is 6.93. The van der Waals surface area contributed by atoms with Crippen LogP contribution in [-0.2, 0) is 0 Å². The number of anilines is 1. The lowest BCUT2D eigenvalue weighted by Crippen LogP contribution is -2.15. The third-order valence-corrected chi connectivity index (χ3v) is 2.14. The summed E-state index contributed by atoms with van der Waals surface area (Å²) in [7, 11) is 0. The number of hydrogen-bond donors (Lipinski definition) is 1. The molecule has 12 heavy (non-hydrogen) atoms. The molecular formula is C8H11FN2O. The second kappa shape index (κ2) is 2.47. The number of nitrogens with one attached hydrogen (secondary N) is 1. The highest BCUT2D eigenvalue weighted by Crippen LogP contribution is 2.39. The topological polar surface area (TPSA) is 38.1 Å². The second-order valence-corrected chi connectivity index (χ2v) is 3.30. The van der Waals surface area contributed by atoms with Crippen molar-refractivity contribution in [2.45, 2.75) is 25.4 Å². The van der Waals surface area contributed by atoms with Crippen LogP contribution in [0.25, 0.3) is 0 Å². The third-order valence-electron chi connectivity index (χ3n) is 2.14. The molecule has 0 radical (unpaired) electrons. The molecule has 0 saturated heterocycles. The van der Waals surface area contributed by atoms with Crippen LogP contribution in [0.4, 0.5) is 10.1 Å². The molecule has 4 heteroatoms. The molecule has 0 atom stereocenters. The van der Waals surface area contributed by atoms with Crippen LogP contribution in [0.5, 0.6) is 0 Å². The highest BCUT2D eigenvalue weighted by molar-refractivity contribution is 5.44. The fraction of sp³-hybridized carbons (Fsp3) is 0.625. The molecule has 0 amide bonds. The average Bonchev–Trinajstić information content (AvgIpc) is 2.61. The molecule has 1 aromatic heterocycles. The summed E-state index contributed by atoms with van der Waals surface area (Å²) in [5.41, 5.74) is -0.178. The van der Waals surface area contributed by atoms with E-state index in [0.29, 0.717) is 25.1 Å². The Labute approximate surface area is 69.9 Å². The van der Waals surface area contributed by atoms with E-state index in [1.807, 2.05) is 0 Å². The van der Waals surface area contributed by atoms with Crippen molar-refractivity contribution in [2.75, 3.05) is 11.9 Å². The van der Waals surface area contributed by atoms with E-state index < -0.39 is 5.67 Å². The molecule has 0 aromatic carbocycles. The van der Waals surface area contributed by atoms with Gasteiger partial charge < -0.3 is 9.84 Å². The standard InChI is InChI=1S/C8H11FN2O/c1-6-7(4-11-12-6)10-5-8(9)2-3-8/h4,10H,2-3,5H2,1H3. The first-order valence-corrected chi connectivity index (χ1v) is 4.04. The Kier molecular flexibility index (Phi) is 1.56. The van der Waals surface area contributed by atoms with Crippen LogP contribution in [0.1, 0.15) is 18.6 Å². The molecule has 0 bridgehead atoms. The van der Waals surface area contributed by atoms with Crippen LogP contribution in [-0.4, -0.2) is 17.4 Å². The van der Waals surface area contributed by atoms with Crippen LogP contribution < -0.4 is 5.32 Å². The lowest BCUT2D eigenvalue weighted by atomic mass is 10.3. The number of halogens is 1. The van der Waals surface area contributed by atoms with E-state index in [1.54, 1.807) is 13.1 Å². The summed E-state index contributed by atoms with van der Waals surface area (Å²) in [6.45, 7) is 2.17. The normalized spacial score (nSPS) is 19.2. The van der Waals surface area contributed by atoms with E-state index >= 15 is 0 Å². The van der Waals surface area contributed by atoms with Gasteiger partial charge in [0.15, 0.2) is 5.76 Å². The molecule has 0 aliphatic heterocycles. The van der Waals surface area contributed by atoms with E-state index in [2.05, 4.69) is 10.5 Å². The maximum absolute atomic E-state index is 13.1. The second-order valence-electron chi connectivity index (χ2n) is 3.30. The molecule has 1 aromatic rings. The predicted octanol–water partition coefficient (Wildman–Crippen LogP) is 1.90. The van der Waals surface area contributed by atoms with Gasteiger partial charge in [0.25, 0.3) is 0 Å². The van der Waals surface area contributed by atoms with Gasteiger partial charge in [-0.25, -0.2) is 4.39 Å². The summed E-state index contributed by atoms with van der Waals surface area (Å²) in [4.78, 5) is 0. The largest absolute Gasteiger partial charge is 0.378 e. The van der Waals surface area contributed by atoms with Gasteiger partial charge in [-0.15, -0.1) is 0 Å². The van der Waals surface area contributed by atoms with Gasteiger partial charge in [0, 0.05) is 6.54 Å². The zero-order chi connectivity index (χ0) is 8.60. The molecule has 3 nitrogen and oxygen atoms in total. The minimum absolute atomic E-state index is 0.370. The van der Waals surface area contributed by atoms with Crippen molar-refractivity contribution in [1.82, 2.24) is 5.16 Å². The number of aromatic nitrogens is 1. The molecule has 1 aliphatic carbocycles. The van der Waals surface area contributed by atoms with Crippen LogP contribution in [0.2, 0.25) is 0 Å². The molecule has 0 unspecified atom stereocenters. The van der Waals surface area contributed by atoms with Crippen molar-refractivity contribution < 1.29 is 8.91 Å². The van der Waals surface area contributed by atoms with Crippen LogP contribution in [0, 0.1) is 6.92 Å². The first-order chi connectivity index (χ1) is 5.70. The van der Waals surface area contributed by atoms with Gasteiger partial charge in [0.1, 0.15) is 5.67 Å². The quantitative estimate of drug-likeness (QED) is 0.752.